The molecule has 2 amide bonds. The molecule has 1 N–H and O–H groups in total. The van der Waals surface area contributed by atoms with Crippen molar-refractivity contribution in [3.05, 3.63) is 40.2 Å². The molecule has 0 unspecified atom stereocenters. The average molecular weight is 333 g/mol. The Kier molecular flexibility index (Phi) is 4.71. The minimum atomic E-state index is -0.0853. The van der Waals surface area contributed by atoms with Gasteiger partial charge in [-0.1, -0.05) is 6.92 Å². The van der Waals surface area contributed by atoms with E-state index in [9.17, 15) is 4.79 Å². The summed E-state index contributed by atoms with van der Waals surface area (Å²) in [6, 6.07) is 3.90. The fourth-order valence-corrected chi connectivity index (χ4v) is 3.54. The Labute approximate surface area is 140 Å². The molecule has 1 aliphatic rings. The molecule has 0 bridgehead atoms. The van der Waals surface area contributed by atoms with E-state index in [1.807, 2.05) is 37.1 Å². The second kappa shape index (κ2) is 6.74. The van der Waals surface area contributed by atoms with Gasteiger partial charge in [-0.2, -0.15) is 0 Å². The molecule has 6 heteroatoms. The summed E-state index contributed by atoms with van der Waals surface area (Å²) in [5.41, 5.74) is 0. The monoisotopic (exact) mass is 333 g/mol. The van der Waals surface area contributed by atoms with Crippen molar-refractivity contribution in [2.75, 3.05) is 0 Å². The molecule has 0 aromatic carbocycles. The molecule has 5 nitrogen and oxygen atoms in total. The van der Waals surface area contributed by atoms with Gasteiger partial charge >= 0.3 is 6.03 Å². The number of aromatic nitrogens is 1. The van der Waals surface area contributed by atoms with Crippen LogP contribution in [0.25, 0.3) is 0 Å². The molecule has 2 aromatic heterocycles. The summed E-state index contributed by atoms with van der Waals surface area (Å²) in [5, 5.41) is 4.05. The summed E-state index contributed by atoms with van der Waals surface area (Å²) in [5.74, 6) is 0.822. The third-order valence-corrected chi connectivity index (χ3v) is 5.50. The van der Waals surface area contributed by atoms with E-state index in [0.29, 0.717) is 6.04 Å². The first kappa shape index (κ1) is 16.1. The fraction of sp³-hybridized carbons (Fsp3) is 0.529. The predicted octanol–water partition coefficient (Wildman–Crippen LogP) is 4.29. The largest absolute Gasteiger partial charge is 0.467 e. The van der Waals surface area contributed by atoms with Gasteiger partial charge in [-0.25, -0.2) is 9.78 Å². The molecule has 124 valence electrons. The topological polar surface area (TPSA) is 58.4 Å². The molecule has 1 fully saturated rings. The SMILES string of the molecule is CCc1cnc([C@H](C)NC(=O)N(C2CC2)[C@H](C)c2ccco2)s1. The number of carbonyl (C=O) groups excluding carboxylic acids is 1. The van der Waals surface area contributed by atoms with Crippen molar-refractivity contribution in [3.63, 3.8) is 0 Å². The summed E-state index contributed by atoms with van der Waals surface area (Å²) in [6.45, 7) is 6.11. The Morgan fingerprint density at radius 1 is 1.52 bits per heavy atom. The van der Waals surface area contributed by atoms with Crippen molar-refractivity contribution in [1.82, 2.24) is 15.2 Å². The quantitative estimate of drug-likeness (QED) is 0.857. The lowest BCUT2D eigenvalue weighted by molar-refractivity contribution is 0.163. The van der Waals surface area contributed by atoms with Crippen LogP contribution in [0.2, 0.25) is 0 Å². The van der Waals surface area contributed by atoms with Gasteiger partial charge in [-0.3, -0.25) is 0 Å². The summed E-state index contributed by atoms with van der Waals surface area (Å²) < 4.78 is 5.48. The first-order valence-corrected chi connectivity index (χ1v) is 8.98. The smallest absolute Gasteiger partial charge is 0.318 e. The number of aryl methyl sites for hydroxylation is 1. The third kappa shape index (κ3) is 3.58. The van der Waals surface area contributed by atoms with Crippen molar-refractivity contribution < 1.29 is 9.21 Å². The van der Waals surface area contributed by atoms with Crippen LogP contribution < -0.4 is 5.32 Å². The van der Waals surface area contributed by atoms with Crippen LogP contribution in [-0.2, 0) is 6.42 Å². The number of carbonyl (C=O) groups is 1. The van der Waals surface area contributed by atoms with Gasteiger partial charge in [-0.05, 0) is 45.2 Å². The Hall–Kier alpha value is -1.82. The summed E-state index contributed by atoms with van der Waals surface area (Å²) >= 11 is 1.66. The minimum Gasteiger partial charge on any atom is -0.467 e. The Morgan fingerprint density at radius 2 is 2.30 bits per heavy atom. The highest BCUT2D eigenvalue weighted by Gasteiger charge is 2.37. The van der Waals surface area contributed by atoms with Crippen molar-refractivity contribution in [3.8, 4) is 0 Å². The first-order valence-electron chi connectivity index (χ1n) is 8.17. The van der Waals surface area contributed by atoms with Gasteiger partial charge in [-0.15, -0.1) is 11.3 Å². The number of hydrogen-bond donors (Lipinski definition) is 1. The lowest BCUT2D eigenvalue weighted by Gasteiger charge is -2.29. The first-order chi connectivity index (χ1) is 11.1. The van der Waals surface area contributed by atoms with Crippen LogP contribution in [-0.4, -0.2) is 22.0 Å². The van der Waals surface area contributed by atoms with E-state index in [1.165, 1.54) is 4.88 Å². The molecule has 1 aliphatic carbocycles. The third-order valence-electron chi connectivity index (χ3n) is 4.18. The number of nitrogens with zero attached hydrogens (tertiary/aromatic N) is 2. The molecule has 0 saturated heterocycles. The predicted molar refractivity (Wildman–Crippen MR) is 90.4 cm³/mol. The normalized spacial score (nSPS) is 16.8. The van der Waals surface area contributed by atoms with Crippen molar-refractivity contribution >= 4 is 17.4 Å². The van der Waals surface area contributed by atoms with Crippen LogP contribution in [0.3, 0.4) is 0 Å². The fourth-order valence-electron chi connectivity index (χ4n) is 2.68. The number of urea groups is 1. The summed E-state index contributed by atoms with van der Waals surface area (Å²) in [4.78, 5) is 20.3. The molecule has 1 saturated carbocycles. The standard InChI is InChI=1S/C17H23N3O2S/c1-4-14-10-18-16(23-14)11(2)19-17(21)20(13-7-8-13)12(3)15-6-5-9-22-15/h5-6,9-13H,4,7-8H2,1-3H3,(H,19,21)/t11-,12+/m0/s1. The summed E-state index contributed by atoms with van der Waals surface area (Å²) in [6.07, 6.45) is 6.64. The molecule has 2 aromatic rings. The Morgan fingerprint density at radius 3 is 2.87 bits per heavy atom. The molecule has 23 heavy (non-hydrogen) atoms. The van der Waals surface area contributed by atoms with Crippen LogP contribution in [0.5, 0.6) is 0 Å². The number of furan rings is 1. The zero-order valence-corrected chi connectivity index (χ0v) is 14.6. The van der Waals surface area contributed by atoms with Crippen molar-refractivity contribution in [2.24, 2.45) is 0 Å². The minimum absolute atomic E-state index is 0.0443. The maximum absolute atomic E-state index is 12.8. The number of hydrogen-bond acceptors (Lipinski definition) is 4. The maximum atomic E-state index is 12.8. The van der Waals surface area contributed by atoms with E-state index in [4.69, 9.17) is 4.42 Å². The molecule has 0 radical (unpaired) electrons. The van der Waals surface area contributed by atoms with Gasteiger partial charge < -0.3 is 14.6 Å². The van der Waals surface area contributed by atoms with Crippen LogP contribution in [0, 0.1) is 0 Å². The highest BCUT2D eigenvalue weighted by molar-refractivity contribution is 7.11. The van der Waals surface area contributed by atoms with Crippen LogP contribution in [0.15, 0.2) is 29.0 Å². The average Bonchev–Trinajstić information content (AvgIpc) is 3.07. The molecular formula is C17H23N3O2S. The zero-order valence-electron chi connectivity index (χ0n) is 13.8. The lowest BCUT2D eigenvalue weighted by atomic mass is 10.2. The second-order valence-corrected chi connectivity index (χ2v) is 7.17. The molecule has 3 rings (SSSR count). The molecule has 0 spiro atoms. The van der Waals surface area contributed by atoms with Crippen LogP contribution in [0.1, 0.15) is 61.3 Å². The van der Waals surface area contributed by atoms with E-state index in [-0.39, 0.29) is 18.1 Å². The van der Waals surface area contributed by atoms with Crippen molar-refractivity contribution in [1.29, 1.82) is 0 Å². The zero-order chi connectivity index (χ0) is 16.4. The van der Waals surface area contributed by atoms with Gasteiger partial charge in [0.1, 0.15) is 10.8 Å². The molecule has 2 atom stereocenters. The van der Waals surface area contributed by atoms with Gasteiger partial charge in [0.15, 0.2) is 0 Å². The van der Waals surface area contributed by atoms with E-state index in [2.05, 4.69) is 17.2 Å². The van der Waals surface area contributed by atoms with Crippen LogP contribution in [0.4, 0.5) is 4.79 Å². The van der Waals surface area contributed by atoms with Crippen molar-refractivity contribution in [2.45, 2.75) is 58.2 Å². The van der Waals surface area contributed by atoms with Crippen LogP contribution >= 0.6 is 11.3 Å². The number of nitrogens with one attached hydrogen (secondary N) is 1. The van der Waals surface area contributed by atoms with E-state index < -0.39 is 0 Å². The molecule has 2 heterocycles. The van der Waals surface area contributed by atoms with E-state index in [0.717, 1.165) is 30.0 Å². The van der Waals surface area contributed by atoms with E-state index >= 15 is 0 Å². The lowest BCUT2D eigenvalue weighted by Crippen LogP contribution is -2.43. The highest BCUT2D eigenvalue weighted by Crippen LogP contribution is 2.35. The number of thiazole rings is 1. The maximum Gasteiger partial charge on any atom is 0.318 e. The number of rotatable bonds is 6. The van der Waals surface area contributed by atoms with Gasteiger partial charge in [0.2, 0.25) is 0 Å². The Balaban J connectivity index is 1.69. The second-order valence-electron chi connectivity index (χ2n) is 6.02. The highest BCUT2D eigenvalue weighted by atomic mass is 32.1. The van der Waals surface area contributed by atoms with Gasteiger partial charge in [0.25, 0.3) is 0 Å². The number of amides is 2. The Bertz CT molecular complexity index is 649. The molecule has 0 aliphatic heterocycles. The van der Waals surface area contributed by atoms with Gasteiger partial charge in [0, 0.05) is 17.1 Å². The van der Waals surface area contributed by atoms with Gasteiger partial charge in [0.05, 0.1) is 18.3 Å². The summed E-state index contributed by atoms with van der Waals surface area (Å²) in [7, 11) is 0. The molecular weight excluding hydrogens is 310 g/mol. The van der Waals surface area contributed by atoms with E-state index in [1.54, 1.807) is 17.6 Å².